The van der Waals surface area contributed by atoms with Crippen molar-refractivity contribution in [3.05, 3.63) is 42.0 Å². The Bertz CT molecular complexity index is 1020. The minimum atomic E-state index is 0.527. The molecule has 27 heavy (non-hydrogen) atoms. The summed E-state index contributed by atoms with van der Waals surface area (Å²) in [6, 6.07) is 14.2. The summed E-state index contributed by atoms with van der Waals surface area (Å²) in [6.07, 6.45) is 3.96. The van der Waals surface area contributed by atoms with Crippen molar-refractivity contribution in [3.63, 3.8) is 0 Å². The maximum atomic E-state index is 5.61. The molecular weight excluding hydrogens is 338 g/mol. The van der Waals surface area contributed by atoms with Gasteiger partial charge in [-0.15, -0.1) is 0 Å². The molecule has 4 nitrogen and oxygen atoms in total. The van der Waals surface area contributed by atoms with Crippen LogP contribution in [-0.4, -0.2) is 38.8 Å². The number of hydrogen-bond acceptors (Lipinski definition) is 4. The molecule has 4 heteroatoms. The third-order valence-electron chi connectivity index (χ3n) is 6.24. The van der Waals surface area contributed by atoms with Crippen molar-refractivity contribution in [2.45, 2.75) is 31.3 Å². The summed E-state index contributed by atoms with van der Waals surface area (Å²) in [5.74, 6) is 2.42. The van der Waals surface area contributed by atoms with Crippen LogP contribution in [0.15, 0.2) is 36.4 Å². The van der Waals surface area contributed by atoms with Crippen molar-refractivity contribution in [2.24, 2.45) is 0 Å². The largest absolute Gasteiger partial charge is 0.497 e. The SMILES string of the molecule is COc1ccc2cc([C@H]3[C@@H]4CCCCN43)c3cc(OC)c(OC)cc3c2c1. The Hall–Kier alpha value is -2.46. The number of fused-ring (bicyclic) bond motifs is 4. The number of rotatable bonds is 4. The predicted octanol–water partition coefficient (Wildman–Crippen LogP) is 4.93. The van der Waals surface area contributed by atoms with E-state index in [1.807, 2.05) is 6.07 Å². The Morgan fingerprint density at radius 2 is 1.59 bits per heavy atom. The molecule has 0 radical (unpaired) electrons. The van der Waals surface area contributed by atoms with E-state index >= 15 is 0 Å². The minimum Gasteiger partial charge on any atom is -0.497 e. The lowest BCUT2D eigenvalue weighted by atomic mass is 9.93. The van der Waals surface area contributed by atoms with E-state index in [9.17, 15) is 0 Å². The zero-order valence-electron chi connectivity index (χ0n) is 16.1. The fourth-order valence-electron chi connectivity index (χ4n) is 4.85. The Morgan fingerprint density at radius 3 is 2.26 bits per heavy atom. The van der Waals surface area contributed by atoms with Crippen LogP contribution in [-0.2, 0) is 0 Å². The van der Waals surface area contributed by atoms with Gasteiger partial charge in [-0.1, -0.05) is 12.5 Å². The summed E-state index contributed by atoms with van der Waals surface area (Å²) in [4.78, 5) is 2.64. The molecule has 0 aliphatic carbocycles. The molecule has 2 saturated heterocycles. The number of benzene rings is 3. The van der Waals surface area contributed by atoms with Gasteiger partial charge in [-0.25, -0.2) is 0 Å². The third kappa shape index (κ3) is 2.54. The third-order valence-corrected chi connectivity index (χ3v) is 6.24. The second kappa shape index (κ2) is 6.31. The molecule has 3 atom stereocenters. The van der Waals surface area contributed by atoms with Gasteiger partial charge in [-0.3, -0.25) is 4.90 Å². The summed E-state index contributed by atoms with van der Waals surface area (Å²) in [7, 11) is 5.11. The molecule has 0 aromatic heterocycles. The van der Waals surface area contributed by atoms with E-state index in [1.54, 1.807) is 21.3 Å². The first kappa shape index (κ1) is 16.7. The second-order valence-corrected chi connectivity index (χ2v) is 7.55. The van der Waals surface area contributed by atoms with E-state index in [1.165, 1.54) is 52.9 Å². The van der Waals surface area contributed by atoms with Crippen LogP contribution in [0.25, 0.3) is 21.5 Å². The smallest absolute Gasteiger partial charge is 0.161 e. The maximum absolute atomic E-state index is 5.61. The first-order chi connectivity index (χ1) is 13.2. The highest BCUT2D eigenvalue weighted by molar-refractivity contribution is 6.10. The summed E-state index contributed by atoms with van der Waals surface area (Å²) in [5.41, 5.74) is 1.41. The molecule has 0 amide bonds. The van der Waals surface area contributed by atoms with Gasteiger partial charge in [0.1, 0.15) is 5.75 Å². The van der Waals surface area contributed by atoms with Crippen LogP contribution >= 0.6 is 0 Å². The number of nitrogens with zero attached hydrogens (tertiary/aromatic N) is 1. The van der Waals surface area contributed by atoms with Gasteiger partial charge in [0.15, 0.2) is 11.5 Å². The van der Waals surface area contributed by atoms with E-state index < -0.39 is 0 Å². The molecule has 140 valence electrons. The first-order valence-corrected chi connectivity index (χ1v) is 9.67. The van der Waals surface area contributed by atoms with E-state index in [-0.39, 0.29) is 0 Å². The highest BCUT2D eigenvalue weighted by Crippen LogP contribution is 2.52. The maximum Gasteiger partial charge on any atom is 0.161 e. The van der Waals surface area contributed by atoms with Gasteiger partial charge in [-0.05, 0) is 76.8 Å². The van der Waals surface area contributed by atoms with Crippen LogP contribution in [0.2, 0.25) is 0 Å². The van der Waals surface area contributed by atoms with E-state index in [0.29, 0.717) is 12.1 Å². The molecule has 2 heterocycles. The Kier molecular flexibility index (Phi) is 3.90. The summed E-state index contributed by atoms with van der Waals surface area (Å²) in [6.45, 7) is 1.21. The molecule has 1 unspecified atom stereocenters. The van der Waals surface area contributed by atoms with Crippen LogP contribution < -0.4 is 14.2 Å². The average Bonchev–Trinajstić information content (AvgIpc) is 3.45. The van der Waals surface area contributed by atoms with Crippen molar-refractivity contribution in [1.82, 2.24) is 4.90 Å². The molecular formula is C23H25NO3. The van der Waals surface area contributed by atoms with Gasteiger partial charge in [0.05, 0.1) is 27.4 Å². The number of ether oxygens (including phenoxy) is 3. The topological polar surface area (TPSA) is 30.7 Å². The first-order valence-electron chi connectivity index (χ1n) is 9.67. The van der Waals surface area contributed by atoms with Gasteiger partial charge < -0.3 is 14.2 Å². The molecule has 0 bridgehead atoms. The van der Waals surface area contributed by atoms with Crippen molar-refractivity contribution < 1.29 is 14.2 Å². The average molecular weight is 363 g/mol. The zero-order chi connectivity index (χ0) is 18.5. The molecule has 5 rings (SSSR count). The fourth-order valence-corrected chi connectivity index (χ4v) is 4.85. The van der Waals surface area contributed by atoms with E-state index in [4.69, 9.17) is 14.2 Å². The molecule has 2 aliphatic rings. The number of hydrogen-bond donors (Lipinski definition) is 0. The normalized spacial score (nSPS) is 23.9. The molecule has 0 spiro atoms. The molecule has 2 aliphatic heterocycles. The van der Waals surface area contributed by atoms with Crippen molar-refractivity contribution in [1.29, 1.82) is 0 Å². The monoisotopic (exact) mass is 363 g/mol. The van der Waals surface area contributed by atoms with E-state index in [0.717, 1.165) is 17.2 Å². The van der Waals surface area contributed by atoms with Crippen LogP contribution in [0, 0.1) is 0 Å². The zero-order valence-corrected chi connectivity index (χ0v) is 16.1. The number of piperidine rings is 1. The van der Waals surface area contributed by atoms with Crippen molar-refractivity contribution in [2.75, 3.05) is 27.9 Å². The highest BCUT2D eigenvalue weighted by atomic mass is 16.5. The standard InChI is InChI=1S/C23H25NO3/c1-25-15-8-7-14-10-19(23-20-6-4-5-9-24(20)23)18-13-22(27-3)21(26-2)12-17(18)16(14)11-15/h7-8,10-13,20,23H,4-6,9H2,1-3H3/t20-,23-,24?/m0/s1. The quantitative estimate of drug-likeness (QED) is 0.486. The van der Waals surface area contributed by atoms with Crippen LogP contribution in [0.3, 0.4) is 0 Å². The summed E-state index contributed by atoms with van der Waals surface area (Å²) in [5, 5.41) is 4.89. The lowest BCUT2D eigenvalue weighted by Crippen LogP contribution is -2.09. The number of methoxy groups -OCH3 is 3. The van der Waals surface area contributed by atoms with Gasteiger partial charge in [0.25, 0.3) is 0 Å². The Balaban J connectivity index is 1.80. The van der Waals surface area contributed by atoms with Gasteiger partial charge >= 0.3 is 0 Å². The lowest BCUT2D eigenvalue weighted by Gasteiger charge is -2.15. The minimum absolute atomic E-state index is 0.527. The van der Waals surface area contributed by atoms with Crippen LogP contribution in [0.4, 0.5) is 0 Å². The van der Waals surface area contributed by atoms with Gasteiger partial charge in [-0.2, -0.15) is 0 Å². The Morgan fingerprint density at radius 1 is 0.815 bits per heavy atom. The van der Waals surface area contributed by atoms with E-state index in [2.05, 4.69) is 35.2 Å². The van der Waals surface area contributed by atoms with Crippen LogP contribution in [0.1, 0.15) is 30.9 Å². The molecule has 0 saturated carbocycles. The summed E-state index contributed by atoms with van der Waals surface area (Å²) >= 11 is 0. The van der Waals surface area contributed by atoms with Gasteiger partial charge in [0.2, 0.25) is 0 Å². The molecule has 2 fully saturated rings. The fraction of sp³-hybridized carbons (Fsp3) is 0.391. The second-order valence-electron chi connectivity index (χ2n) is 7.55. The highest BCUT2D eigenvalue weighted by Gasteiger charge is 2.49. The lowest BCUT2D eigenvalue weighted by molar-refractivity contribution is 0.356. The van der Waals surface area contributed by atoms with Crippen LogP contribution in [0.5, 0.6) is 17.2 Å². The van der Waals surface area contributed by atoms with Crippen molar-refractivity contribution >= 4 is 21.5 Å². The van der Waals surface area contributed by atoms with Crippen molar-refractivity contribution in [3.8, 4) is 17.2 Å². The molecule has 0 N–H and O–H groups in total. The molecule has 3 aromatic carbocycles. The summed E-state index contributed by atoms with van der Waals surface area (Å²) < 4.78 is 16.7. The van der Waals surface area contributed by atoms with Gasteiger partial charge in [0, 0.05) is 6.04 Å². The molecule has 3 aromatic rings. The Labute approximate surface area is 159 Å². The predicted molar refractivity (Wildman–Crippen MR) is 108 cm³/mol.